The van der Waals surface area contributed by atoms with Crippen molar-refractivity contribution in [2.75, 3.05) is 13.1 Å². The van der Waals surface area contributed by atoms with Crippen LogP contribution in [0.4, 0.5) is 9.59 Å². The molecule has 8 heteroatoms. The Hall–Kier alpha value is -2.12. The molecule has 2 atom stereocenters. The van der Waals surface area contributed by atoms with Crippen molar-refractivity contribution in [1.29, 1.82) is 0 Å². The lowest BCUT2D eigenvalue weighted by Gasteiger charge is -2.28. The van der Waals surface area contributed by atoms with E-state index in [0.29, 0.717) is 30.6 Å². The third-order valence-electron chi connectivity index (χ3n) is 4.07. The number of nitrogens with one attached hydrogen (secondary N) is 2. The molecule has 2 amide bonds. The van der Waals surface area contributed by atoms with Gasteiger partial charge in [0.15, 0.2) is 0 Å². The minimum absolute atomic E-state index is 0.371. The van der Waals surface area contributed by atoms with Crippen LogP contribution < -0.4 is 10.6 Å². The van der Waals surface area contributed by atoms with Gasteiger partial charge in [0.05, 0.1) is 11.4 Å². The molecule has 1 fully saturated rings. The van der Waals surface area contributed by atoms with E-state index in [1.165, 1.54) is 0 Å². The van der Waals surface area contributed by atoms with Crippen LogP contribution in [-0.2, 0) is 9.68 Å². The molecular weight excluding hydrogens is 324 g/mol. The van der Waals surface area contributed by atoms with E-state index < -0.39 is 12.2 Å². The van der Waals surface area contributed by atoms with Crippen molar-refractivity contribution in [3.05, 3.63) is 0 Å². The maximum absolute atomic E-state index is 11.6. The molecule has 2 N–H and O–H groups in total. The molecule has 0 aliphatic heterocycles. The molecule has 1 aliphatic carbocycles. The number of hydrogen-bond donors (Lipinski definition) is 2. The lowest BCUT2D eigenvalue weighted by Crippen LogP contribution is -2.35. The molecule has 0 radical (unpaired) electrons. The topological polar surface area (TPSA) is 101 Å². The number of carbonyl (C=O) groups excluding carboxylic acids is 2. The van der Waals surface area contributed by atoms with Gasteiger partial charge in [-0.05, 0) is 58.3 Å². The van der Waals surface area contributed by atoms with Crippen molar-refractivity contribution in [3.63, 3.8) is 0 Å². The third kappa shape index (κ3) is 9.69. The van der Waals surface area contributed by atoms with Gasteiger partial charge >= 0.3 is 12.2 Å². The van der Waals surface area contributed by atoms with Gasteiger partial charge in [-0.1, -0.05) is 23.7 Å². The van der Waals surface area contributed by atoms with Gasteiger partial charge in [-0.25, -0.2) is 9.59 Å². The van der Waals surface area contributed by atoms with E-state index >= 15 is 0 Å². The Labute approximate surface area is 149 Å². The summed E-state index contributed by atoms with van der Waals surface area (Å²) >= 11 is 0. The first-order valence-electron chi connectivity index (χ1n) is 8.85. The predicted octanol–water partition coefficient (Wildman–Crippen LogP) is 3.43. The smallest absolute Gasteiger partial charge is 0.319 e. The van der Waals surface area contributed by atoms with E-state index in [1.807, 2.05) is 13.8 Å². The van der Waals surface area contributed by atoms with Crippen molar-refractivity contribution in [2.45, 2.75) is 59.8 Å². The number of carbonyl (C=O) groups is 2. The zero-order valence-electron chi connectivity index (χ0n) is 15.6. The molecule has 1 saturated carbocycles. The zero-order valence-corrected chi connectivity index (χ0v) is 15.6. The molecule has 0 aromatic heterocycles. The minimum atomic E-state index is -0.533. The van der Waals surface area contributed by atoms with Crippen LogP contribution in [-0.4, -0.2) is 36.7 Å². The third-order valence-corrected chi connectivity index (χ3v) is 4.07. The second-order valence-electron chi connectivity index (χ2n) is 6.64. The lowest BCUT2D eigenvalue weighted by atomic mass is 9.81. The van der Waals surface area contributed by atoms with Crippen molar-refractivity contribution in [1.82, 2.24) is 10.6 Å². The first-order valence-corrected chi connectivity index (χ1v) is 8.85. The Kier molecular flexibility index (Phi) is 9.57. The number of hydrogen-bond acceptors (Lipinski definition) is 6. The highest BCUT2D eigenvalue weighted by Crippen LogP contribution is 2.28. The Morgan fingerprint density at radius 2 is 1.48 bits per heavy atom. The summed E-state index contributed by atoms with van der Waals surface area (Å²) in [7, 11) is 0. The minimum Gasteiger partial charge on any atom is -0.319 e. The molecule has 0 saturated heterocycles. The fourth-order valence-corrected chi connectivity index (χ4v) is 2.61. The molecule has 0 aromatic carbocycles. The van der Waals surface area contributed by atoms with Gasteiger partial charge in [0.25, 0.3) is 0 Å². The van der Waals surface area contributed by atoms with Gasteiger partial charge < -0.3 is 10.6 Å². The van der Waals surface area contributed by atoms with E-state index in [1.54, 1.807) is 13.8 Å². The highest BCUT2D eigenvalue weighted by molar-refractivity contribution is 5.82. The molecule has 0 aromatic rings. The monoisotopic (exact) mass is 354 g/mol. The van der Waals surface area contributed by atoms with Crippen LogP contribution in [0.5, 0.6) is 0 Å². The van der Waals surface area contributed by atoms with E-state index in [9.17, 15) is 9.59 Å². The van der Waals surface area contributed by atoms with Crippen molar-refractivity contribution in [2.24, 2.45) is 22.1 Å². The number of rotatable bonds is 7. The average molecular weight is 354 g/mol. The molecule has 1 rings (SSSR count). The van der Waals surface area contributed by atoms with Crippen LogP contribution in [0.2, 0.25) is 0 Å². The Balaban J connectivity index is 2.26. The standard InChI is InChI=1S/C17H30N4O4/c1-5-13(4)21-25-17(23)19-11-15-8-6-7-14(9-15)10-18-16(22)24-20-12(2)3/h14-15H,5-11H2,1-4H3,(H,18,22)(H,19,23)/b21-13-. The lowest BCUT2D eigenvalue weighted by molar-refractivity contribution is 0.142. The van der Waals surface area contributed by atoms with Crippen LogP contribution in [0.25, 0.3) is 0 Å². The summed E-state index contributed by atoms with van der Waals surface area (Å²) in [6, 6.07) is 0. The van der Waals surface area contributed by atoms with Crippen molar-refractivity contribution < 1.29 is 19.3 Å². The molecule has 25 heavy (non-hydrogen) atoms. The largest absolute Gasteiger partial charge is 0.433 e. The summed E-state index contributed by atoms with van der Waals surface area (Å²) in [6.45, 7) is 8.38. The van der Waals surface area contributed by atoms with Gasteiger partial charge in [0, 0.05) is 13.1 Å². The van der Waals surface area contributed by atoms with Crippen LogP contribution in [0, 0.1) is 11.8 Å². The van der Waals surface area contributed by atoms with Crippen LogP contribution in [0.3, 0.4) is 0 Å². The van der Waals surface area contributed by atoms with Gasteiger partial charge in [-0.3, -0.25) is 9.68 Å². The Morgan fingerprint density at radius 3 is 1.96 bits per heavy atom. The normalized spacial score (nSPS) is 20.4. The molecule has 2 unspecified atom stereocenters. The zero-order chi connectivity index (χ0) is 18.7. The molecule has 0 heterocycles. The van der Waals surface area contributed by atoms with Crippen molar-refractivity contribution in [3.8, 4) is 0 Å². The fraction of sp³-hybridized carbons (Fsp3) is 0.765. The summed E-state index contributed by atoms with van der Waals surface area (Å²) in [6.07, 6.45) is 3.81. The van der Waals surface area contributed by atoms with Crippen LogP contribution in [0.15, 0.2) is 10.3 Å². The predicted molar refractivity (Wildman–Crippen MR) is 96.6 cm³/mol. The SMILES string of the molecule is CC/C(C)=N\OC(=O)NCC1CCCC(CNC(=O)ON=C(C)C)C1. The number of amides is 2. The first kappa shape index (κ1) is 20.9. The second-order valence-corrected chi connectivity index (χ2v) is 6.64. The molecular formula is C17H30N4O4. The summed E-state index contributed by atoms with van der Waals surface area (Å²) < 4.78 is 0. The average Bonchev–Trinajstić information content (AvgIpc) is 2.61. The van der Waals surface area contributed by atoms with E-state index in [-0.39, 0.29) is 0 Å². The van der Waals surface area contributed by atoms with Gasteiger partial charge in [-0.2, -0.15) is 0 Å². The van der Waals surface area contributed by atoms with Gasteiger partial charge in [0.2, 0.25) is 0 Å². The molecule has 8 nitrogen and oxygen atoms in total. The summed E-state index contributed by atoms with van der Waals surface area (Å²) in [5.74, 6) is 0.743. The van der Waals surface area contributed by atoms with Crippen molar-refractivity contribution >= 4 is 23.6 Å². The second kappa shape index (κ2) is 11.4. The highest BCUT2D eigenvalue weighted by Gasteiger charge is 2.23. The van der Waals surface area contributed by atoms with E-state index in [4.69, 9.17) is 9.68 Å². The summed E-state index contributed by atoms with van der Waals surface area (Å²) in [5, 5.41) is 12.8. The molecule has 0 bridgehead atoms. The van der Waals surface area contributed by atoms with Crippen LogP contribution in [0.1, 0.15) is 59.8 Å². The van der Waals surface area contributed by atoms with E-state index in [2.05, 4.69) is 20.9 Å². The van der Waals surface area contributed by atoms with Gasteiger partial charge in [0.1, 0.15) is 0 Å². The molecule has 1 aliphatic rings. The first-order chi connectivity index (χ1) is 11.9. The highest BCUT2D eigenvalue weighted by atomic mass is 16.7. The fourth-order valence-electron chi connectivity index (χ4n) is 2.61. The Morgan fingerprint density at radius 1 is 0.960 bits per heavy atom. The maximum Gasteiger partial charge on any atom is 0.433 e. The maximum atomic E-state index is 11.6. The summed E-state index contributed by atoms with van der Waals surface area (Å²) in [5.41, 5.74) is 1.46. The summed E-state index contributed by atoms with van der Waals surface area (Å²) in [4.78, 5) is 32.6. The molecule has 142 valence electrons. The Bertz CT molecular complexity index is 501. The van der Waals surface area contributed by atoms with Crippen LogP contribution >= 0.6 is 0 Å². The quantitative estimate of drug-likeness (QED) is 0.415. The molecule has 0 spiro atoms. The number of oxime groups is 2. The van der Waals surface area contributed by atoms with E-state index in [0.717, 1.165) is 37.8 Å². The van der Waals surface area contributed by atoms with Gasteiger partial charge in [-0.15, -0.1) is 0 Å². The number of nitrogens with zero attached hydrogens (tertiary/aromatic N) is 2.